The van der Waals surface area contributed by atoms with Gasteiger partial charge in [0.05, 0.1) is 12.6 Å². The molecular formula is C20H39IN6O2. The number of piperazine rings is 1. The van der Waals surface area contributed by atoms with Crippen molar-refractivity contribution >= 4 is 36.0 Å². The molecule has 3 heterocycles. The molecule has 0 aromatic heterocycles. The fourth-order valence-corrected chi connectivity index (χ4v) is 4.05. The molecule has 0 saturated carbocycles. The lowest BCUT2D eigenvalue weighted by atomic mass is 10.2. The lowest BCUT2D eigenvalue weighted by Crippen LogP contribution is -2.57. The highest BCUT2D eigenvalue weighted by Gasteiger charge is 2.36. The van der Waals surface area contributed by atoms with Crippen LogP contribution in [0.25, 0.3) is 0 Å². The number of carbonyl (C=O) groups excluding carboxylic acids is 1. The third kappa shape index (κ3) is 7.43. The number of carbonyl (C=O) groups is 1. The molecule has 3 aliphatic heterocycles. The van der Waals surface area contributed by atoms with Crippen LogP contribution in [0.4, 0.5) is 4.79 Å². The molecule has 2 fully saturated rings. The van der Waals surface area contributed by atoms with E-state index < -0.39 is 5.60 Å². The van der Waals surface area contributed by atoms with E-state index in [0.717, 1.165) is 38.6 Å². The smallest absolute Gasteiger partial charge is 0.410 e. The van der Waals surface area contributed by atoms with Crippen molar-refractivity contribution in [3.8, 4) is 0 Å². The van der Waals surface area contributed by atoms with E-state index >= 15 is 0 Å². The Hall–Kier alpha value is -0.810. The molecule has 0 radical (unpaired) electrons. The number of amides is 1. The summed E-state index contributed by atoms with van der Waals surface area (Å²) in [5.74, 6) is 1.00. The summed E-state index contributed by atoms with van der Waals surface area (Å²) in [6.45, 7) is 15.5. The summed E-state index contributed by atoms with van der Waals surface area (Å²) in [7, 11) is 2.21. The first-order chi connectivity index (χ1) is 13.3. The zero-order chi connectivity index (χ0) is 20.1. The van der Waals surface area contributed by atoms with Crippen molar-refractivity contribution in [3.63, 3.8) is 0 Å². The fourth-order valence-electron chi connectivity index (χ4n) is 4.05. The standard InChI is InChI=1S/C20H38N6O2.HI/c1-20(2,3)28-19(27)25-13-14-26-17(16-25)15-22-18(26)21-7-5-9-24-10-6-8-23(4)11-12-24;/h17H,5-16H2,1-4H3,(H,21,22);1H. The second-order valence-electron chi connectivity index (χ2n) is 9.22. The minimum Gasteiger partial charge on any atom is -0.444 e. The number of nitrogens with zero attached hydrogens (tertiary/aromatic N) is 5. The van der Waals surface area contributed by atoms with Gasteiger partial charge in [-0.1, -0.05) is 0 Å². The number of aliphatic imine (C=N–C) groups is 1. The fraction of sp³-hybridized carbons (Fsp3) is 0.900. The Morgan fingerprint density at radius 2 is 1.97 bits per heavy atom. The number of hydrogen-bond donors (Lipinski definition) is 1. The first-order valence-corrected chi connectivity index (χ1v) is 10.8. The predicted octanol–water partition coefficient (Wildman–Crippen LogP) is 1.51. The first-order valence-electron chi connectivity index (χ1n) is 10.8. The number of hydrogen-bond acceptors (Lipinski definition) is 7. The van der Waals surface area contributed by atoms with Crippen LogP contribution >= 0.6 is 24.0 Å². The van der Waals surface area contributed by atoms with Crippen molar-refractivity contribution in [2.45, 2.75) is 45.3 Å². The van der Waals surface area contributed by atoms with Crippen molar-refractivity contribution in [1.82, 2.24) is 24.9 Å². The lowest BCUT2D eigenvalue weighted by Gasteiger charge is -2.39. The summed E-state index contributed by atoms with van der Waals surface area (Å²) in [5.41, 5.74) is -0.449. The number of fused-ring (bicyclic) bond motifs is 1. The molecule has 8 nitrogen and oxygen atoms in total. The van der Waals surface area contributed by atoms with Gasteiger partial charge in [0.15, 0.2) is 5.96 Å². The Labute approximate surface area is 193 Å². The number of rotatable bonds is 4. The van der Waals surface area contributed by atoms with Crippen LogP contribution in [0, 0.1) is 0 Å². The molecule has 0 spiro atoms. The molecule has 1 amide bonds. The zero-order valence-corrected chi connectivity index (χ0v) is 20.9. The maximum atomic E-state index is 12.3. The average molecular weight is 522 g/mol. The van der Waals surface area contributed by atoms with Crippen LogP contribution in [-0.2, 0) is 4.74 Å². The number of halogens is 1. The Bertz CT molecular complexity index is 568. The second kappa shape index (κ2) is 11.0. The minimum absolute atomic E-state index is 0. The summed E-state index contributed by atoms with van der Waals surface area (Å²) in [5, 5.41) is 3.53. The molecule has 0 bridgehead atoms. The lowest BCUT2D eigenvalue weighted by molar-refractivity contribution is 0.0137. The zero-order valence-electron chi connectivity index (χ0n) is 18.5. The third-order valence-electron chi connectivity index (χ3n) is 5.60. The maximum absolute atomic E-state index is 12.3. The van der Waals surface area contributed by atoms with Crippen molar-refractivity contribution in [2.24, 2.45) is 4.99 Å². The van der Waals surface area contributed by atoms with Crippen molar-refractivity contribution in [3.05, 3.63) is 0 Å². The van der Waals surface area contributed by atoms with E-state index in [-0.39, 0.29) is 36.1 Å². The average Bonchev–Trinajstić information content (AvgIpc) is 2.91. The second-order valence-corrected chi connectivity index (χ2v) is 9.22. The molecule has 1 atom stereocenters. The van der Waals surface area contributed by atoms with E-state index in [1.807, 2.05) is 25.7 Å². The first kappa shape index (κ1) is 24.5. The Balaban J connectivity index is 0.00000300. The predicted molar refractivity (Wildman–Crippen MR) is 127 cm³/mol. The van der Waals surface area contributed by atoms with Gasteiger partial charge in [-0.3, -0.25) is 4.99 Å². The molecule has 0 aromatic carbocycles. The normalized spacial score (nSPS) is 23.7. The maximum Gasteiger partial charge on any atom is 0.410 e. The molecule has 29 heavy (non-hydrogen) atoms. The van der Waals surface area contributed by atoms with Crippen molar-refractivity contribution in [2.75, 3.05) is 72.5 Å². The van der Waals surface area contributed by atoms with E-state index in [1.165, 1.54) is 32.6 Å². The molecule has 0 aliphatic carbocycles. The number of ether oxygens (including phenoxy) is 1. The van der Waals surface area contributed by atoms with Gasteiger partial charge in [-0.2, -0.15) is 0 Å². The van der Waals surface area contributed by atoms with Gasteiger partial charge in [-0.05, 0) is 60.3 Å². The molecule has 9 heteroatoms. The van der Waals surface area contributed by atoms with Crippen LogP contribution in [0.1, 0.15) is 33.6 Å². The molecule has 1 N–H and O–H groups in total. The van der Waals surface area contributed by atoms with Gasteiger partial charge < -0.3 is 29.7 Å². The van der Waals surface area contributed by atoms with Gasteiger partial charge in [0, 0.05) is 39.3 Å². The highest BCUT2D eigenvalue weighted by molar-refractivity contribution is 14.0. The largest absolute Gasteiger partial charge is 0.444 e. The molecule has 2 saturated heterocycles. The number of likely N-dealkylation sites (N-methyl/N-ethyl adjacent to an activating group) is 1. The molecule has 1 unspecified atom stereocenters. The van der Waals surface area contributed by atoms with Gasteiger partial charge in [0.25, 0.3) is 0 Å². The van der Waals surface area contributed by atoms with Crippen LogP contribution in [0.3, 0.4) is 0 Å². The Morgan fingerprint density at radius 3 is 2.72 bits per heavy atom. The van der Waals surface area contributed by atoms with E-state index in [4.69, 9.17) is 9.73 Å². The SMILES string of the molecule is CN1CCCN(CCCNC2=NCC3CN(C(=O)OC(C)(C)C)CCN23)CC1.I. The van der Waals surface area contributed by atoms with E-state index in [9.17, 15) is 4.79 Å². The molecule has 3 rings (SSSR count). The topological polar surface area (TPSA) is 63.6 Å². The van der Waals surface area contributed by atoms with Crippen molar-refractivity contribution < 1.29 is 9.53 Å². The number of nitrogens with one attached hydrogen (secondary N) is 1. The molecule has 168 valence electrons. The highest BCUT2D eigenvalue weighted by atomic mass is 127. The van der Waals surface area contributed by atoms with Gasteiger partial charge in [0.2, 0.25) is 0 Å². The summed E-state index contributed by atoms with van der Waals surface area (Å²) < 4.78 is 5.51. The monoisotopic (exact) mass is 522 g/mol. The van der Waals surface area contributed by atoms with Gasteiger partial charge in [-0.15, -0.1) is 24.0 Å². The Kier molecular flexibility index (Phi) is 9.27. The molecular weight excluding hydrogens is 483 g/mol. The van der Waals surface area contributed by atoms with Gasteiger partial charge in [0.1, 0.15) is 5.60 Å². The van der Waals surface area contributed by atoms with E-state index in [0.29, 0.717) is 13.1 Å². The van der Waals surface area contributed by atoms with Gasteiger partial charge in [-0.25, -0.2) is 4.79 Å². The molecule has 3 aliphatic rings. The summed E-state index contributed by atoms with van der Waals surface area (Å²) in [6, 6.07) is 0.268. The van der Waals surface area contributed by atoms with E-state index in [2.05, 4.69) is 27.1 Å². The van der Waals surface area contributed by atoms with Crippen LogP contribution in [0.5, 0.6) is 0 Å². The highest BCUT2D eigenvalue weighted by Crippen LogP contribution is 2.18. The number of guanidine groups is 1. The summed E-state index contributed by atoms with van der Waals surface area (Å²) in [4.78, 5) is 26.1. The van der Waals surface area contributed by atoms with E-state index in [1.54, 1.807) is 0 Å². The van der Waals surface area contributed by atoms with Crippen LogP contribution < -0.4 is 5.32 Å². The van der Waals surface area contributed by atoms with Crippen LogP contribution in [-0.4, -0.2) is 116 Å². The van der Waals surface area contributed by atoms with Crippen molar-refractivity contribution in [1.29, 1.82) is 0 Å². The molecule has 0 aromatic rings. The van der Waals surface area contributed by atoms with Crippen LogP contribution in [0.15, 0.2) is 4.99 Å². The third-order valence-corrected chi connectivity index (χ3v) is 5.60. The summed E-state index contributed by atoms with van der Waals surface area (Å²) >= 11 is 0. The summed E-state index contributed by atoms with van der Waals surface area (Å²) in [6.07, 6.45) is 2.18. The quantitative estimate of drug-likeness (QED) is 0.447. The van der Waals surface area contributed by atoms with Gasteiger partial charge >= 0.3 is 6.09 Å². The van der Waals surface area contributed by atoms with Crippen LogP contribution in [0.2, 0.25) is 0 Å². The minimum atomic E-state index is -0.449. The Morgan fingerprint density at radius 1 is 1.17 bits per heavy atom.